The number of hydrogen-bond acceptors (Lipinski definition) is 9. The molecule has 14 nitrogen and oxygen atoms in total. The molecule has 0 aromatic carbocycles. The smallest absolute Gasteiger partial charge is 0.405 e. The molecule has 0 saturated heterocycles. The van der Waals surface area contributed by atoms with Crippen molar-refractivity contribution < 1.29 is 37.8 Å². The van der Waals surface area contributed by atoms with Gasteiger partial charge in [-0.15, -0.1) is 0 Å². The van der Waals surface area contributed by atoms with E-state index in [9.17, 15) is 32.7 Å². The molecular weight excluding hydrogens is 640 g/mol. The summed E-state index contributed by atoms with van der Waals surface area (Å²) in [5.41, 5.74) is 1.58. The van der Waals surface area contributed by atoms with Crippen molar-refractivity contribution in [2.45, 2.75) is 105 Å². The Bertz CT molecular complexity index is 1320. The Morgan fingerprint density at radius 1 is 0.875 bits per heavy atom. The Balaban J connectivity index is 3.05. The molecule has 1 rings (SSSR count). The second-order valence-corrected chi connectivity index (χ2v) is 15.8. The van der Waals surface area contributed by atoms with Gasteiger partial charge in [-0.1, -0.05) is 61.1 Å². The first kappa shape index (κ1) is 42.3. The highest BCUT2D eigenvalue weighted by Crippen LogP contribution is 2.18. The second kappa shape index (κ2) is 19.9. The van der Waals surface area contributed by atoms with Gasteiger partial charge in [0.2, 0.25) is 17.7 Å². The maximum atomic E-state index is 13.5. The van der Waals surface area contributed by atoms with Crippen LogP contribution in [0.5, 0.6) is 0 Å². The largest absolute Gasteiger partial charge is 0.465 e. The van der Waals surface area contributed by atoms with E-state index in [0.29, 0.717) is 18.7 Å². The molecule has 7 N–H and O–H groups in total. The molecule has 1 aromatic rings. The molecule has 0 spiro atoms. The van der Waals surface area contributed by atoms with E-state index in [0.717, 1.165) is 11.8 Å². The number of sulfone groups is 1. The molecule has 15 heteroatoms. The van der Waals surface area contributed by atoms with Crippen molar-refractivity contribution in [1.29, 1.82) is 0 Å². The van der Waals surface area contributed by atoms with E-state index in [4.69, 9.17) is 5.11 Å². The highest BCUT2D eigenvalue weighted by atomic mass is 32.2. The van der Waals surface area contributed by atoms with Gasteiger partial charge >= 0.3 is 6.09 Å². The monoisotopic (exact) mass is 696 g/mol. The molecule has 1 aromatic heterocycles. The van der Waals surface area contributed by atoms with Crippen LogP contribution in [-0.4, -0.2) is 89.7 Å². The van der Waals surface area contributed by atoms with Gasteiger partial charge in [0.15, 0.2) is 0 Å². The number of hydrogen-bond donors (Lipinski definition) is 7. The third-order valence-corrected chi connectivity index (χ3v) is 8.76. The van der Waals surface area contributed by atoms with Crippen molar-refractivity contribution in [2.75, 3.05) is 12.0 Å². The van der Waals surface area contributed by atoms with Gasteiger partial charge in [-0.3, -0.25) is 19.4 Å². The molecule has 0 saturated carbocycles. The summed E-state index contributed by atoms with van der Waals surface area (Å²) in [5.74, 6) is -3.35. The third-order valence-electron chi connectivity index (χ3n) is 7.78. The van der Waals surface area contributed by atoms with E-state index < -0.39 is 75.6 Å². The Hall–Kier alpha value is -3.72. The van der Waals surface area contributed by atoms with Crippen molar-refractivity contribution in [3.05, 3.63) is 42.4 Å². The molecule has 48 heavy (non-hydrogen) atoms. The van der Waals surface area contributed by atoms with Crippen molar-refractivity contribution in [3.8, 4) is 0 Å². The summed E-state index contributed by atoms with van der Waals surface area (Å²) in [6.07, 6.45) is 1.89. The summed E-state index contributed by atoms with van der Waals surface area (Å²) in [6.45, 7) is 17.2. The molecule has 0 radical (unpaired) electrons. The third kappa shape index (κ3) is 15.9. The van der Waals surface area contributed by atoms with Crippen LogP contribution >= 0.6 is 0 Å². The predicted octanol–water partition coefficient (Wildman–Crippen LogP) is 1.96. The molecule has 0 aliphatic carbocycles. The average Bonchev–Trinajstić information content (AvgIpc) is 2.98. The molecule has 4 amide bonds. The fourth-order valence-corrected chi connectivity index (χ4v) is 5.71. The summed E-state index contributed by atoms with van der Waals surface area (Å²) in [4.78, 5) is 55.2. The van der Waals surface area contributed by atoms with E-state index in [2.05, 4.69) is 38.1 Å². The molecular formula is C33H56N6O8S. The quantitative estimate of drug-likeness (QED) is 0.0992. The number of aromatic nitrogens is 1. The lowest BCUT2D eigenvalue weighted by molar-refractivity contribution is -0.131. The molecule has 6 atom stereocenters. The van der Waals surface area contributed by atoms with Crippen molar-refractivity contribution in [1.82, 2.24) is 31.6 Å². The van der Waals surface area contributed by atoms with Crippen LogP contribution in [-0.2, 0) is 30.8 Å². The van der Waals surface area contributed by atoms with Crippen LogP contribution in [0, 0.1) is 23.7 Å². The lowest BCUT2D eigenvalue weighted by Crippen LogP contribution is -2.57. The summed E-state index contributed by atoms with van der Waals surface area (Å²) in [7, 11) is -3.52. The van der Waals surface area contributed by atoms with Gasteiger partial charge in [-0.2, -0.15) is 0 Å². The van der Waals surface area contributed by atoms with Gasteiger partial charge in [0.1, 0.15) is 21.9 Å². The number of carbonyl (C=O) groups excluding carboxylic acids is 3. The molecule has 0 fully saturated rings. The minimum atomic E-state index is -3.52. The number of amides is 4. The van der Waals surface area contributed by atoms with Gasteiger partial charge in [0, 0.05) is 36.8 Å². The fourth-order valence-electron chi connectivity index (χ4n) is 5.05. The summed E-state index contributed by atoms with van der Waals surface area (Å²) < 4.78 is 23.9. The van der Waals surface area contributed by atoms with E-state index >= 15 is 0 Å². The normalized spacial score (nSPS) is 15.5. The van der Waals surface area contributed by atoms with Gasteiger partial charge in [0.05, 0.1) is 23.9 Å². The number of aliphatic hydroxyl groups is 1. The lowest BCUT2D eigenvalue weighted by atomic mass is 9.91. The van der Waals surface area contributed by atoms with Gasteiger partial charge in [-0.05, 0) is 48.6 Å². The van der Waals surface area contributed by atoms with Gasteiger partial charge < -0.3 is 36.8 Å². The Morgan fingerprint density at radius 2 is 1.50 bits per heavy atom. The highest BCUT2D eigenvalue weighted by Gasteiger charge is 2.33. The predicted molar refractivity (Wildman–Crippen MR) is 184 cm³/mol. The summed E-state index contributed by atoms with van der Waals surface area (Å²) in [6, 6.07) is 0.00173. The zero-order valence-electron chi connectivity index (χ0n) is 29.4. The Morgan fingerprint density at radius 3 is 2.00 bits per heavy atom. The number of nitrogens with one attached hydrogen (secondary N) is 5. The summed E-state index contributed by atoms with van der Waals surface area (Å²) >= 11 is 0. The van der Waals surface area contributed by atoms with Gasteiger partial charge in [0.25, 0.3) is 0 Å². The van der Waals surface area contributed by atoms with E-state index in [1.54, 1.807) is 33.2 Å². The highest BCUT2D eigenvalue weighted by molar-refractivity contribution is 7.90. The van der Waals surface area contributed by atoms with Crippen LogP contribution in [0.1, 0.15) is 73.3 Å². The van der Waals surface area contributed by atoms with Crippen LogP contribution in [0.25, 0.3) is 0 Å². The van der Waals surface area contributed by atoms with Gasteiger partial charge in [-0.25, -0.2) is 13.2 Å². The minimum Gasteiger partial charge on any atom is -0.465 e. The number of rotatable bonds is 21. The van der Waals surface area contributed by atoms with E-state index in [1.807, 2.05) is 39.8 Å². The fraction of sp³-hybridized carbons (Fsp3) is 0.667. The van der Waals surface area contributed by atoms with E-state index in [1.165, 1.54) is 0 Å². The number of aliphatic hydroxyl groups excluding tert-OH is 1. The van der Waals surface area contributed by atoms with E-state index in [-0.39, 0.29) is 30.6 Å². The Labute approximate surface area is 285 Å². The van der Waals surface area contributed by atoms with Crippen molar-refractivity contribution >= 4 is 33.7 Å². The van der Waals surface area contributed by atoms with Crippen molar-refractivity contribution in [2.24, 2.45) is 23.7 Å². The van der Waals surface area contributed by atoms with Crippen LogP contribution in [0.3, 0.4) is 0 Å². The zero-order chi connectivity index (χ0) is 36.8. The van der Waals surface area contributed by atoms with Crippen LogP contribution < -0.4 is 26.6 Å². The number of carbonyl (C=O) groups is 4. The number of pyridine rings is 1. The Kier molecular flexibility index (Phi) is 17.6. The lowest BCUT2D eigenvalue weighted by Gasteiger charge is -2.31. The molecule has 0 aliphatic rings. The molecule has 272 valence electrons. The molecule has 1 heterocycles. The maximum absolute atomic E-state index is 13.5. The second-order valence-electron chi connectivity index (χ2n) is 13.6. The first-order valence-corrected chi connectivity index (χ1v) is 18.4. The topological polar surface area (TPSA) is 216 Å². The van der Waals surface area contributed by atoms with Crippen LogP contribution in [0.4, 0.5) is 4.79 Å². The zero-order valence-corrected chi connectivity index (χ0v) is 30.3. The molecule has 0 bridgehead atoms. The minimum absolute atomic E-state index is 0.00221. The van der Waals surface area contributed by atoms with Crippen LogP contribution in [0.2, 0.25) is 0 Å². The number of carboxylic acid groups (broad SMARTS) is 1. The number of nitrogens with zero attached hydrogens (tertiary/aromatic N) is 1. The standard InChI is InChI=1S/C33H56N6O8S/c1-19(2)15-26(37-31(42)25(12-14-48(9,46)47)36-32(43)29(21(5)6)39-33(44)45)27(40)16-22(7)30(41)38-28(20(3)4)23(8)35-18-24-11-10-13-34-17-24/h10-11,13,17,19-22,25-29,35,39-40H,8,12,14-16,18H2,1-7,9H3,(H,36,43)(H,37,42)(H,38,41)(H,44,45)/t22-,25+,26+,27+,28+,29+/m1/s1. The summed E-state index contributed by atoms with van der Waals surface area (Å²) in [5, 5.41) is 34.1. The average molecular weight is 697 g/mol. The molecule has 0 aliphatic heterocycles. The first-order valence-electron chi connectivity index (χ1n) is 16.3. The van der Waals surface area contributed by atoms with Crippen molar-refractivity contribution in [3.63, 3.8) is 0 Å². The maximum Gasteiger partial charge on any atom is 0.405 e. The molecule has 0 unspecified atom stereocenters. The SMILES string of the molecule is C=C(NCc1cccnc1)[C@@H](NC(=O)[C@H](C)C[C@H](O)[C@H](CC(C)C)NC(=O)[C@H](CCS(C)(=O)=O)NC(=O)[C@@H](NC(=O)O)C(C)C)C(C)C. The van der Waals surface area contributed by atoms with Crippen LogP contribution in [0.15, 0.2) is 36.8 Å². The first-order chi connectivity index (χ1) is 22.2.